The maximum atomic E-state index is 13.6. The van der Waals surface area contributed by atoms with E-state index in [0.717, 1.165) is 40.4 Å². The Morgan fingerprint density at radius 1 is 1.11 bits per heavy atom. The van der Waals surface area contributed by atoms with E-state index in [4.69, 9.17) is 0 Å². The zero-order valence-corrected chi connectivity index (χ0v) is 20.4. The van der Waals surface area contributed by atoms with Gasteiger partial charge in [-0.15, -0.1) is 11.3 Å². The van der Waals surface area contributed by atoms with E-state index in [9.17, 15) is 14.4 Å². The van der Waals surface area contributed by atoms with Gasteiger partial charge in [-0.2, -0.15) is 0 Å². The molecule has 2 aliphatic rings. The molecule has 0 saturated carbocycles. The molecule has 6 rings (SSSR count). The normalized spacial score (nSPS) is 21.9. The molecular formula is C26H26N6O3S. The predicted molar refractivity (Wildman–Crippen MR) is 136 cm³/mol. The van der Waals surface area contributed by atoms with Crippen LogP contribution in [-0.4, -0.2) is 55.7 Å². The lowest BCUT2D eigenvalue weighted by molar-refractivity contribution is -0.141. The summed E-state index contributed by atoms with van der Waals surface area (Å²) in [5, 5.41) is 6.94. The molecule has 0 bridgehead atoms. The van der Waals surface area contributed by atoms with Crippen molar-refractivity contribution in [1.82, 2.24) is 30.5 Å². The molecule has 0 unspecified atom stereocenters. The SMILES string of the molecule is O=C(N[C@H]1CCC[C@H]2CC[C@@H](C(=O)NCc3cnc4[nH]cnc4c3)N2C1=O)c1cc2ccccc2s1. The second-order valence-corrected chi connectivity index (χ2v) is 10.5. The molecule has 9 nitrogen and oxygen atoms in total. The first kappa shape index (κ1) is 22.7. The second-order valence-electron chi connectivity index (χ2n) is 9.43. The van der Waals surface area contributed by atoms with Crippen LogP contribution in [0.15, 0.2) is 48.9 Å². The molecule has 3 aromatic heterocycles. The van der Waals surface area contributed by atoms with Crippen LogP contribution >= 0.6 is 11.3 Å². The van der Waals surface area contributed by atoms with E-state index in [-0.39, 0.29) is 23.8 Å². The Morgan fingerprint density at radius 2 is 2.00 bits per heavy atom. The molecule has 1 aromatic carbocycles. The lowest BCUT2D eigenvalue weighted by Gasteiger charge is -2.30. The average molecular weight is 503 g/mol. The van der Waals surface area contributed by atoms with E-state index in [0.29, 0.717) is 29.9 Å². The first-order valence-corrected chi connectivity index (χ1v) is 13.1. The van der Waals surface area contributed by atoms with Gasteiger partial charge in [0.25, 0.3) is 5.91 Å². The number of hydrogen-bond acceptors (Lipinski definition) is 6. The van der Waals surface area contributed by atoms with E-state index < -0.39 is 12.1 Å². The number of nitrogens with one attached hydrogen (secondary N) is 3. The molecule has 0 spiro atoms. The van der Waals surface area contributed by atoms with Gasteiger partial charge in [0.1, 0.15) is 17.6 Å². The average Bonchev–Trinajstić information content (AvgIpc) is 3.62. The first-order valence-electron chi connectivity index (χ1n) is 12.2. The monoisotopic (exact) mass is 502 g/mol. The maximum Gasteiger partial charge on any atom is 0.262 e. The molecule has 2 saturated heterocycles. The third-order valence-corrected chi connectivity index (χ3v) is 8.25. The molecule has 5 heterocycles. The Kier molecular flexibility index (Phi) is 5.88. The highest BCUT2D eigenvalue weighted by atomic mass is 32.1. The summed E-state index contributed by atoms with van der Waals surface area (Å²) in [6, 6.07) is 10.4. The van der Waals surface area contributed by atoms with Crippen LogP contribution in [0.1, 0.15) is 47.3 Å². The smallest absolute Gasteiger partial charge is 0.262 e. The van der Waals surface area contributed by atoms with Crippen LogP contribution in [0.2, 0.25) is 0 Å². The zero-order valence-electron chi connectivity index (χ0n) is 19.6. The van der Waals surface area contributed by atoms with E-state index >= 15 is 0 Å². The number of carbonyl (C=O) groups is 3. The van der Waals surface area contributed by atoms with Gasteiger partial charge in [-0.05, 0) is 61.3 Å². The second kappa shape index (κ2) is 9.34. The van der Waals surface area contributed by atoms with E-state index in [1.807, 2.05) is 36.4 Å². The van der Waals surface area contributed by atoms with Crippen molar-refractivity contribution >= 4 is 50.3 Å². The van der Waals surface area contributed by atoms with Gasteiger partial charge in [0.2, 0.25) is 11.8 Å². The van der Waals surface area contributed by atoms with Crippen LogP contribution in [0.4, 0.5) is 0 Å². The summed E-state index contributed by atoms with van der Waals surface area (Å²) in [6.45, 7) is 0.309. The van der Waals surface area contributed by atoms with Gasteiger partial charge in [-0.25, -0.2) is 9.97 Å². The van der Waals surface area contributed by atoms with Crippen molar-refractivity contribution in [2.45, 2.75) is 56.8 Å². The van der Waals surface area contributed by atoms with Crippen LogP contribution in [0, 0.1) is 0 Å². The van der Waals surface area contributed by atoms with Crippen LogP contribution in [-0.2, 0) is 16.1 Å². The van der Waals surface area contributed by atoms with Gasteiger partial charge < -0.3 is 20.5 Å². The van der Waals surface area contributed by atoms with Crippen molar-refractivity contribution in [1.29, 1.82) is 0 Å². The molecule has 3 atom stereocenters. The number of amides is 3. The summed E-state index contributed by atoms with van der Waals surface area (Å²) in [5.41, 5.74) is 2.28. The van der Waals surface area contributed by atoms with Crippen LogP contribution in [0.5, 0.6) is 0 Å². The molecule has 3 amide bonds. The Morgan fingerprint density at radius 3 is 2.89 bits per heavy atom. The van der Waals surface area contributed by atoms with E-state index in [1.165, 1.54) is 11.3 Å². The molecule has 3 N–H and O–H groups in total. The lowest BCUT2D eigenvalue weighted by atomic mass is 10.1. The quantitative estimate of drug-likeness (QED) is 0.387. The number of H-pyrrole nitrogens is 1. The van der Waals surface area contributed by atoms with Crippen molar-refractivity contribution in [3.8, 4) is 0 Å². The van der Waals surface area contributed by atoms with Crippen LogP contribution < -0.4 is 10.6 Å². The fourth-order valence-electron chi connectivity index (χ4n) is 5.35. The predicted octanol–water partition coefficient (Wildman–Crippen LogP) is 3.13. The third-order valence-electron chi connectivity index (χ3n) is 7.14. The number of rotatable bonds is 5. The molecule has 184 valence electrons. The minimum atomic E-state index is -0.632. The van der Waals surface area contributed by atoms with Crippen molar-refractivity contribution in [2.75, 3.05) is 0 Å². The lowest BCUT2D eigenvalue weighted by Crippen LogP contribution is -2.54. The molecular weight excluding hydrogens is 476 g/mol. The van der Waals surface area contributed by atoms with Gasteiger partial charge in [-0.3, -0.25) is 14.4 Å². The van der Waals surface area contributed by atoms with Gasteiger partial charge >= 0.3 is 0 Å². The first-order chi connectivity index (χ1) is 17.6. The Bertz CT molecular complexity index is 1430. The van der Waals surface area contributed by atoms with Crippen LogP contribution in [0.3, 0.4) is 0 Å². The number of aromatic amines is 1. The summed E-state index contributed by atoms with van der Waals surface area (Å²) in [6.07, 6.45) is 6.94. The van der Waals surface area contributed by atoms with Crippen molar-refractivity contribution < 1.29 is 14.4 Å². The highest BCUT2D eigenvalue weighted by Crippen LogP contribution is 2.32. The Hall–Kier alpha value is -3.79. The Labute approximate surface area is 211 Å². The minimum absolute atomic E-state index is 0.0292. The van der Waals surface area contributed by atoms with E-state index in [2.05, 4.69) is 25.6 Å². The summed E-state index contributed by atoms with van der Waals surface area (Å²) in [5.74, 6) is -0.580. The number of thiophene rings is 1. The number of nitrogens with zero attached hydrogens (tertiary/aromatic N) is 3. The topological polar surface area (TPSA) is 120 Å². The van der Waals surface area contributed by atoms with Crippen LogP contribution in [0.25, 0.3) is 21.3 Å². The third kappa shape index (κ3) is 4.21. The number of carbonyl (C=O) groups excluding carboxylic acids is 3. The minimum Gasteiger partial charge on any atom is -0.350 e. The fraction of sp³-hybridized carbons (Fsp3) is 0.346. The molecule has 0 radical (unpaired) electrons. The Balaban J connectivity index is 1.14. The number of imidazole rings is 1. The zero-order chi connectivity index (χ0) is 24.6. The highest BCUT2D eigenvalue weighted by molar-refractivity contribution is 7.20. The maximum absolute atomic E-state index is 13.6. The van der Waals surface area contributed by atoms with Gasteiger partial charge in [0.05, 0.1) is 11.2 Å². The molecule has 4 aromatic rings. The largest absolute Gasteiger partial charge is 0.350 e. The number of fused-ring (bicyclic) bond motifs is 3. The van der Waals surface area contributed by atoms with Gasteiger partial charge in [-0.1, -0.05) is 18.2 Å². The van der Waals surface area contributed by atoms with Crippen molar-refractivity contribution in [3.63, 3.8) is 0 Å². The molecule has 10 heteroatoms. The molecule has 0 aliphatic carbocycles. The van der Waals surface area contributed by atoms with Crippen molar-refractivity contribution in [2.24, 2.45) is 0 Å². The number of hydrogen-bond donors (Lipinski definition) is 3. The van der Waals surface area contributed by atoms with E-state index in [1.54, 1.807) is 17.4 Å². The van der Waals surface area contributed by atoms with Crippen molar-refractivity contribution in [3.05, 3.63) is 59.4 Å². The standard InChI is InChI=1S/C26H26N6O3S/c33-24(28-13-15-10-19-23(27-12-15)30-14-29-19)20-9-8-17-5-3-6-18(26(35)32(17)20)31-25(34)22-11-16-4-1-2-7-21(16)36-22/h1-2,4,7,10-12,14,17-18,20H,3,5-6,8-9,13H2,(H,28,33)(H,31,34)(H,27,29,30)/t17-,18-,20-/m0/s1. The highest BCUT2D eigenvalue weighted by Gasteiger charge is 2.44. The summed E-state index contributed by atoms with van der Waals surface area (Å²) >= 11 is 1.42. The number of aromatic nitrogens is 3. The summed E-state index contributed by atoms with van der Waals surface area (Å²) in [7, 11) is 0. The number of benzene rings is 1. The fourth-order valence-corrected chi connectivity index (χ4v) is 6.31. The molecule has 2 fully saturated rings. The molecule has 36 heavy (non-hydrogen) atoms. The molecule has 2 aliphatic heterocycles. The summed E-state index contributed by atoms with van der Waals surface area (Å²) in [4.78, 5) is 53.5. The summed E-state index contributed by atoms with van der Waals surface area (Å²) < 4.78 is 1.04. The number of pyridine rings is 1. The van der Waals surface area contributed by atoms with Gasteiger partial charge in [0.15, 0.2) is 5.65 Å². The van der Waals surface area contributed by atoms with Gasteiger partial charge in [0, 0.05) is 23.5 Å².